The van der Waals surface area contributed by atoms with Crippen molar-refractivity contribution in [1.82, 2.24) is 14.7 Å². The quantitative estimate of drug-likeness (QED) is 0.700. The summed E-state index contributed by atoms with van der Waals surface area (Å²) >= 11 is 6.01. The Hall–Kier alpha value is -2.59. The first kappa shape index (κ1) is 15.9. The summed E-state index contributed by atoms with van der Waals surface area (Å²) in [7, 11) is 0. The zero-order chi connectivity index (χ0) is 17.2. The molecule has 126 valence electrons. The molecule has 3 aromatic rings. The first-order chi connectivity index (χ1) is 12.2. The normalized spacial score (nSPS) is 14.0. The highest BCUT2D eigenvalue weighted by atomic mass is 35.5. The van der Waals surface area contributed by atoms with Crippen molar-refractivity contribution >= 4 is 17.5 Å². The van der Waals surface area contributed by atoms with E-state index in [2.05, 4.69) is 0 Å². The fourth-order valence-electron chi connectivity index (χ4n) is 3.15. The van der Waals surface area contributed by atoms with Crippen molar-refractivity contribution < 1.29 is 4.79 Å². The summed E-state index contributed by atoms with van der Waals surface area (Å²) in [5.74, 6) is 0.0460. The first-order valence-electron chi connectivity index (χ1n) is 8.43. The van der Waals surface area contributed by atoms with Gasteiger partial charge in [-0.15, -0.1) is 0 Å². The van der Waals surface area contributed by atoms with Gasteiger partial charge < -0.3 is 4.90 Å². The minimum absolute atomic E-state index is 0.0460. The summed E-state index contributed by atoms with van der Waals surface area (Å²) in [6.45, 7) is 1.63. The van der Waals surface area contributed by atoms with Gasteiger partial charge in [0.25, 0.3) is 5.91 Å². The molecule has 1 aliphatic heterocycles. The molecule has 1 saturated heterocycles. The van der Waals surface area contributed by atoms with E-state index in [-0.39, 0.29) is 5.91 Å². The summed E-state index contributed by atoms with van der Waals surface area (Å²) in [6.07, 6.45) is 3.96. The van der Waals surface area contributed by atoms with Crippen LogP contribution in [-0.4, -0.2) is 33.7 Å². The second-order valence-electron chi connectivity index (χ2n) is 6.18. The number of carbonyl (C=O) groups is 1. The number of amides is 1. The van der Waals surface area contributed by atoms with Crippen molar-refractivity contribution in [3.63, 3.8) is 0 Å². The van der Waals surface area contributed by atoms with E-state index in [1.54, 1.807) is 4.68 Å². The van der Waals surface area contributed by atoms with Crippen molar-refractivity contribution in [2.24, 2.45) is 0 Å². The molecule has 25 heavy (non-hydrogen) atoms. The van der Waals surface area contributed by atoms with Gasteiger partial charge in [-0.25, -0.2) is 4.68 Å². The van der Waals surface area contributed by atoms with Crippen LogP contribution < -0.4 is 0 Å². The van der Waals surface area contributed by atoms with Crippen molar-refractivity contribution in [3.8, 4) is 16.9 Å². The van der Waals surface area contributed by atoms with Gasteiger partial charge in [0.15, 0.2) is 0 Å². The van der Waals surface area contributed by atoms with E-state index in [1.165, 1.54) is 0 Å². The van der Waals surface area contributed by atoms with Gasteiger partial charge in [-0.2, -0.15) is 5.10 Å². The molecule has 0 atom stereocenters. The number of rotatable bonds is 3. The van der Waals surface area contributed by atoms with Crippen LogP contribution in [0.15, 0.2) is 60.8 Å². The van der Waals surface area contributed by atoms with Gasteiger partial charge in [0.2, 0.25) is 0 Å². The lowest BCUT2D eigenvalue weighted by molar-refractivity contribution is 0.0793. The van der Waals surface area contributed by atoms with Gasteiger partial charge in [0, 0.05) is 29.9 Å². The standard InChI is InChI=1S/C20H18ClN3O/c21-16-10-8-15(9-11-16)19-18(20(25)23-12-4-5-13-23)14-24(22-19)17-6-2-1-3-7-17/h1-3,6-11,14H,4-5,12-13H2. The third-order valence-corrected chi connectivity index (χ3v) is 4.73. The number of carbonyl (C=O) groups excluding carboxylic acids is 1. The highest BCUT2D eigenvalue weighted by Gasteiger charge is 2.25. The van der Waals surface area contributed by atoms with Crippen molar-refractivity contribution in [1.29, 1.82) is 0 Å². The molecule has 0 aliphatic carbocycles. The molecule has 1 aliphatic rings. The average Bonchev–Trinajstić information content (AvgIpc) is 3.33. The second kappa shape index (κ2) is 6.73. The Morgan fingerprint density at radius 2 is 1.64 bits per heavy atom. The molecule has 0 spiro atoms. The van der Waals surface area contributed by atoms with E-state index in [1.807, 2.05) is 65.7 Å². The molecule has 0 saturated carbocycles. The molecular formula is C20H18ClN3O. The van der Waals surface area contributed by atoms with Crippen molar-refractivity contribution in [3.05, 3.63) is 71.4 Å². The van der Waals surface area contributed by atoms with Gasteiger partial charge >= 0.3 is 0 Å². The Bertz CT molecular complexity index is 881. The molecule has 4 nitrogen and oxygen atoms in total. The third kappa shape index (κ3) is 3.17. The Balaban J connectivity index is 1.81. The Morgan fingerprint density at radius 1 is 0.960 bits per heavy atom. The fourth-order valence-corrected chi connectivity index (χ4v) is 3.28. The molecule has 0 N–H and O–H groups in total. The minimum atomic E-state index is 0.0460. The highest BCUT2D eigenvalue weighted by molar-refractivity contribution is 6.30. The predicted octanol–water partition coefficient (Wildman–Crippen LogP) is 4.43. The zero-order valence-electron chi connectivity index (χ0n) is 13.7. The summed E-state index contributed by atoms with van der Waals surface area (Å²) in [6, 6.07) is 17.3. The lowest BCUT2D eigenvalue weighted by Crippen LogP contribution is -2.27. The second-order valence-corrected chi connectivity index (χ2v) is 6.61. The van der Waals surface area contributed by atoms with Crippen LogP contribution in [0.5, 0.6) is 0 Å². The molecule has 2 aromatic carbocycles. The van der Waals surface area contributed by atoms with Crippen LogP contribution in [0.4, 0.5) is 0 Å². The van der Waals surface area contributed by atoms with Crippen LogP contribution in [-0.2, 0) is 0 Å². The topological polar surface area (TPSA) is 38.1 Å². The van der Waals surface area contributed by atoms with Crippen molar-refractivity contribution in [2.75, 3.05) is 13.1 Å². The van der Waals surface area contributed by atoms with E-state index >= 15 is 0 Å². The molecule has 0 bridgehead atoms. The fraction of sp³-hybridized carbons (Fsp3) is 0.200. The lowest BCUT2D eigenvalue weighted by Gasteiger charge is -2.14. The minimum Gasteiger partial charge on any atom is -0.339 e. The van der Waals surface area contributed by atoms with E-state index in [4.69, 9.17) is 16.7 Å². The van der Waals surface area contributed by atoms with Crippen LogP contribution in [0.25, 0.3) is 16.9 Å². The molecule has 1 amide bonds. The number of likely N-dealkylation sites (tertiary alicyclic amines) is 1. The summed E-state index contributed by atoms with van der Waals surface area (Å²) in [5, 5.41) is 5.36. The average molecular weight is 352 g/mol. The van der Waals surface area contributed by atoms with Crippen LogP contribution >= 0.6 is 11.6 Å². The molecular weight excluding hydrogens is 334 g/mol. The van der Waals surface area contributed by atoms with Crippen molar-refractivity contribution in [2.45, 2.75) is 12.8 Å². The molecule has 0 unspecified atom stereocenters. The first-order valence-corrected chi connectivity index (χ1v) is 8.80. The van der Waals surface area contributed by atoms with Crippen LogP contribution in [0, 0.1) is 0 Å². The number of para-hydroxylation sites is 1. The predicted molar refractivity (Wildman–Crippen MR) is 99.1 cm³/mol. The number of benzene rings is 2. The van der Waals surface area contributed by atoms with Gasteiger partial charge in [0.1, 0.15) is 5.69 Å². The number of hydrogen-bond donors (Lipinski definition) is 0. The SMILES string of the molecule is O=C(c1cn(-c2ccccc2)nc1-c1ccc(Cl)cc1)N1CCCC1. The van der Waals surface area contributed by atoms with Crippen LogP contribution in [0.1, 0.15) is 23.2 Å². The Morgan fingerprint density at radius 3 is 2.32 bits per heavy atom. The largest absolute Gasteiger partial charge is 0.339 e. The van der Waals surface area contributed by atoms with Crippen LogP contribution in [0.3, 0.4) is 0 Å². The summed E-state index contributed by atoms with van der Waals surface area (Å²) in [5.41, 5.74) is 3.14. The van der Waals surface area contributed by atoms with E-state index < -0.39 is 0 Å². The summed E-state index contributed by atoms with van der Waals surface area (Å²) in [4.78, 5) is 14.9. The maximum Gasteiger partial charge on any atom is 0.257 e. The Kier molecular flexibility index (Phi) is 4.28. The number of nitrogens with zero attached hydrogens (tertiary/aromatic N) is 3. The van der Waals surface area contributed by atoms with E-state index in [0.29, 0.717) is 16.3 Å². The Labute approximate surface area is 151 Å². The molecule has 2 heterocycles. The maximum atomic E-state index is 13.0. The monoisotopic (exact) mass is 351 g/mol. The van der Waals surface area contributed by atoms with Gasteiger partial charge in [-0.3, -0.25) is 4.79 Å². The maximum absolute atomic E-state index is 13.0. The number of aromatic nitrogens is 2. The van der Waals surface area contributed by atoms with Gasteiger partial charge in [-0.1, -0.05) is 41.9 Å². The molecule has 5 heteroatoms. The third-order valence-electron chi connectivity index (χ3n) is 4.48. The zero-order valence-corrected chi connectivity index (χ0v) is 14.5. The van der Waals surface area contributed by atoms with Gasteiger partial charge in [-0.05, 0) is 37.1 Å². The van der Waals surface area contributed by atoms with E-state index in [0.717, 1.165) is 37.2 Å². The van der Waals surface area contributed by atoms with Crippen LogP contribution in [0.2, 0.25) is 5.02 Å². The van der Waals surface area contributed by atoms with Gasteiger partial charge in [0.05, 0.1) is 11.3 Å². The molecule has 0 radical (unpaired) electrons. The smallest absolute Gasteiger partial charge is 0.257 e. The number of halogens is 1. The molecule has 1 fully saturated rings. The highest BCUT2D eigenvalue weighted by Crippen LogP contribution is 2.27. The lowest BCUT2D eigenvalue weighted by atomic mass is 10.1. The molecule has 4 rings (SSSR count). The molecule has 1 aromatic heterocycles. The van der Waals surface area contributed by atoms with E-state index in [9.17, 15) is 4.79 Å². The summed E-state index contributed by atoms with van der Waals surface area (Å²) < 4.78 is 1.77. The number of hydrogen-bond acceptors (Lipinski definition) is 2.